The Bertz CT molecular complexity index is 3040. The van der Waals surface area contributed by atoms with Gasteiger partial charge in [-0.3, -0.25) is 9.97 Å². The van der Waals surface area contributed by atoms with E-state index in [4.69, 9.17) is 24.9 Å². The Balaban J connectivity index is 1.15. The van der Waals surface area contributed by atoms with Crippen molar-refractivity contribution in [3.05, 3.63) is 188 Å². The summed E-state index contributed by atoms with van der Waals surface area (Å²) in [6.45, 7) is 2.03. The lowest BCUT2D eigenvalue weighted by atomic mass is 9.95. The average Bonchev–Trinajstić information content (AvgIpc) is 3.26. The minimum Gasteiger partial charge on any atom is -0.256 e. The van der Waals surface area contributed by atoms with Crippen LogP contribution in [0.2, 0.25) is 0 Å². The maximum atomic E-state index is 5.26. The van der Waals surface area contributed by atoms with Crippen LogP contribution in [-0.2, 0) is 0 Å². The van der Waals surface area contributed by atoms with Crippen molar-refractivity contribution in [1.29, 1.82) is 0 Å². The second-order valence-electron chi connectivity index (χ2n) is 13.8. The Hall–Kier alpha value is -7.37. The topological polar surface area (TPSA) is 64.5 Å². The van der Waals surface area contributed by atoms with E-state index in [0.717, 1.165) is 100.0 Å². The standard InChI is InChI=1S/C50H33N5/c1-32-23-24-36-25-26-42-43(30-44(33-12-4-2-5-13-33)53-49(42)48(36)52-32)38-18-9-20-40(29-38)50-54-45(34-14-6-3-7-15-34)31-46(55-50)39-19-8-17-37(28-39)41-22-10-16-35-21-11-27-51-47(35)41/h2-31H,1H3. The number of nitrogens with zero attached hydrogens (tertiary/aromatic N) is 5. The first-order valence-electron chi connectivity index (χ1n) is 18.4. The van der Waals surface area contributed by atoms with Crippen molar-refractivity contribution in [2.75, 3.05) is 0 Å². The number of para-hydroxylation sites is 1. The third-order valence-electron chi connectivity index (χ3n) is 10.2. The third kappa shape index (κ3) is 6.08. The van der Waals surface area contributed by atoms with E-state index in [9.17, 15) is 0 Å². The number of aryl methyl sites for hydroxylation is 1. The van der Waals surface area contributed by atoms with Crippen molar-refractivity contribution >= 4 is 32.7 Å². The lowest BCUT2D eigenvalue weighted by molar-refractivity contribution is 1.18. The van der Waals surface area contributed by atoms with E-state index in [1.54, 1.807) is 0 Å². The molecule has 0 aliphatic carbocycles. The number of fused-ring (bicyclic) bond motifs is 4. The fourth-order valence-electron chi connectivity index (χ4n) is 7.45. The quantitative estimate of drug-likeness (QED) is 0.161. The lowest BCUT2D eigenvalue weighted by Gasteiger charge is -2.14. The van der Waals surface area contributed by atoms with Gasteiger partial charge in [0.25, 0.3) is 0 Å². The van der Waals surface area contributed by atoms with Crippen LogP contribution in [0.4, 0.5) is 0 Å². The number of hydrogen-bond donors (Lipinski definition) is 0. The van der Waals surface area contributed by atoms with Gasteiger partial charge < -0.3 is 0 Å². The highest BCUT2D eigenvalue weighted by molar-refractivity contribution is 6.09. The van der Waals surface area contributed by atoms with Crippen LogP contribution >= 0.6 is 0 Å². The fourth-order valence-corrected chi connectivity index (χ4v) is 7.45. The van der Waals surface area contributed by atoms with Gasteiger partial charge in [-0.25, -0.2) is 15.0 Å². The molecule has 0 aliphatic rings. The molecule has 0 aliphatic heterocycles. The molecule has 0 saturated carbocycles. The van der Waals surface area contributed by atoms with Gasteiger partial charge in [0.05, 0.1) is 33.6 Å². The van der Waals surface area contributed by atoms with Crippen LogP contribution in [0, 0.1) is 6.92 Å². The van der Waals surface area contributed by atoms with Crippen molar-refractivity contribution in [3.63, 3.8) is 0 Å². The van der Waals surface area contributed by atoms with E-state index in [1.165, 1.54) is 0 Å². The molecule has 0 unspecified atom stereocenters. The molecule has 0 fully saturated rings. The van der Waals surface area contributed by atoms with Crippen LogP contribution < -0.4 is 0 Å². The van der Waals surface area contributed by atoms with Gasteiger partial charge in [-0.2, -0.15) is 0 Å². The van der Waals surface area contributed by atoms with E-state index in [2.05, 4.69) is 146 Å². The van der Waals surface area contributed by atoms with Gasteiger partial charge in [-0.15, -0.1) is 0 Å². The van der Waals surface area contributed by atoms with Gasteiger partial charge in [-0.05, 0) is 60.0 Å². The van der Waals surface area contributed by atoms with E-state index >= 15 is 0 Å². The first-order chi connectivity index (χ1) is 27.1. The van der Waals surface area contributed by atoms with Gasteiger partial charge >= 0.3 is 0 Å². The number of benzene rings is 6. The molecule has 55 heavy (non-hydrogen) atoms. The van der Waals surface area contributed by atoms with Crippen molar-refractivity contribution in [2.45, 2.75) is 6.92 Å². The number of pyridine rings is 3. The zero-order valence-electron chi connectivity index (χ0n) is 30.1. The van der Waals surface area contributed by atoms with Gasteiger partial charge in [0.2, 0.25) is 0 Å². The second kappa shape index (κ2) is 13.6. The molecule has 0 atom stereocenters. The Labute approximate surface area is 318 Å². The highest BCUT2D eigenvalue weighted by Gasteiger charge is 2.16. The molecule has 5 nitrogen and oxygen atoms in total. The van der Waals surface area contributed by atoms with Crippen LogP contribution in [0.5, 0.6) is 0 Å². The van der Waals surface area contributed by atoms with E-state index in [1.807, 2.05) is 43.5 Å². The van der Waals surface area contributed by atoms with Crippen molar-refractivity contribution in [2.24, 2.45) is 0 Å². The summed E-state index contributed by atoms with van der Waals surface area (Å²) < 4.78 is 0. The van der Waals surface area contributed by atoms with Crippen molar-refractivity contribution in [1.82, 2.24) is 24.9 Å². The molecule has 0 radical (unpaired) electrons. The molecule has 10 aromatic rings. The molecule has 0 bridgehead atoms. The normalized spacial score (nSPS) is 11.4. The second-order valence-corrected chi connectivity index (χ2v) is 13.8. The molecule has 4 heterocycles. The fraction of sp³-hybridized carbons (Fsp3) is 0.0200. The van der Waals surface area contributed by atoms with Crippen molar-refractivity contribution < 1.29 is 0 Å². The summed E-state index contributed by atoms with van der Waals surface area (Å²) in [7, 11) is 0. The molecule has 258 valence electrons. The number of hydrogen-bond acceptors (Lipinski definition) is 5. The molecule has 6 aromatic carbocycles. The summed E-state index contributed by atoms with van der Waals surface area (Å²) in [4.78, 5) is 25.4. The largest absolute Gasteiger partial charge is 0.256 e. The smallest absolute Gasteiger partial charge is 0.160 e. The maximum absolute atomic E-state index is 5.26. The maximum Gasteiger partial charge on any atom is 0.160 e. The molecule has 0 amide bonds. The first kappa shape index (κ1) is 32.3. The lowest BCUT2D eigenvalue weighted by Crippen LogP contribution is -1.97. The molecule has 5 heteroatoms. The van der Waals surface area contributed by atoms with Crippen LogP contribution in [0.15, 0.2) is 182 Å². The molecule has 0 spiro atoms. The summed E-state index contributed by atoms with van der Waals surface area (Å²) in [6.07, 6.45) is 1.85. The number of rotatable bonds is 6. The minimum absolute atomic E-state index is 0.653. The van der Waals surface area contributed by atoms with E-state index in [0.29, 0.717) is 5.82 Å². The molecule has 4 aromatic heterocycles. The molecular weight excluding hydrogens is 671 g/mol. The Morgan fingerprint density at radius 1 is 0.345 bits per heavy atom. The van der Waals surface area contributed by atoms with Gasteiger partial charge in [0.1, 0.15) is 0 Å². The SMILES string of the molecule is Cc1ccc2ccc3c(-c4cccc(-c5nc(-c6ccccc6)cc(-c6cccc(-c7cccc8cccnc78)c6)n5)c4)cc(-c4ccccc4)nc3c2n1. The summed E-state index contributed by atoms with van der Waals surface area (Å²) in [5.41, 5.74) is 14.6. The Kier molecular flexibility index (Phi) is 7.96. The monoisotopic (exact) mass is 703 g/mol. The average molecular weight is 704 g/mol. The van der Waals surface area contributed by atoms with Gasteiger partial charge in [0.15, 0.2) is 5.82 Å². The van der Waals surface area contributed by atoms with Crippen LogP contribution in [0.1, 0.15) is 5.69 Å². The molecule has 0 saturated heterocycles. The van der Waals surface area contributed by atoms with Crippen molar-refractivity contribution in [3.8, 4) is 67.4 Å². The summed E-state index contributed by atoms with van der Waals surface area (Å²) in [5.74, 6) is 0.653. The van der Waals surface area contributed by atoms with Gasteiger partial charge in [0, 0.05) is 55.9 Å². The summed E-state index contributed by atoms with van der Waals surface area (Å²) in [5, 5.41) is 3.22. The Morgan fingerprint density at radius 3 is 1.71 bits per heavy atom. The van der Waals surface area contributed by atoms with Crippen LogP contribution in [0.3, 0.4) is 0 Å². The highest BCUT2D eigenvalue weighted by Crippen LogP contribution is 2.37. The van der Waals surface area contributed by atoms with Crippen LogP contribution in [0.25, 0.3) is 100 Å². The zero-order chi connectivity index (χ0) is 36.7. The molecular formula is C50H33N5. The third-order valence-corrected chi connectivity index (χ3v) is 10.2. The first-order valence-corrected chi connectivity index (χ1v) is 18.4. The minimum atomic E-state index is 0.653. The molecule has 0 N–H and O–H groups in total. The van der Waals surface area contributed by atoms with E-state index in [-0.39, 0.29) is 0 Å². The highest BCUT2D eigenvalue weighted by atomic mass is 14.9. The Morgan fingerprint density at radius 2 is 0.927 bits per heavy atom. The predicted octanol–water partition coefficient (Wildman–Crippen LogP) is 12.4. The number of aromatic nitrogens is 5. The summed E-state index contributed by atoms with van der Waals surface area (Å²) >= 11 is 0. The van der Waals surface area contributed by atoms with Crippen LogP contribution in [-0.4, -0.2) is 24.9 Å². The zero-order valence-corrected chi connectivity index (χ0v) is 30.1. The van der Waals surface area contributed by atoms with Gasteiger partial charge in [-0.1, -0.05) is 140 Å². The molecule has 10 rings (SSSR count). The summed E-state index contributed by atoms with van der Waals surface area (Å²) in [6, 6.07) is 60.9. The van der Waals surface area contributed by atoms with E-state index < -0.39 is 0 Å². The predicted molar refractivity (Wildman–Crippen MR) is 225 cm³/mol.